The molecule has 30 heavy (non-hydrogen) atoms. The number of amides is 2. The summed E-state index contributed by atoms with van der Waals surface area (Å²) in [4.78, 5) is 26.1. The Morgan fingerprint density at radius 1 is 0.667 bits per heavy atom. The summed E-state index contributed by atoms with van der Waals surface area (Å²) in [6.45, 7) is 10.4. The molecular formula is C20H38N2O8. The predicted molar refractivity (Wildman–Crippen MR) is 109 cm³/mol. The van der Waals surface area contributed by atoms with Crippen LogP contribution in [-0.4, -0.2) is 104 Å². The van der Waals surface area contributed by atoms with E-state index in [-0.39, 0.29) is 50.6 Å². The molecule has 10 nitrogen and oxygen atoms in total. The molecule has 2 saturated heterocycles. The molecule has 2 amide bonds. The van der Waals surface area contributed by atoms with Crippen LogP contribution in [0, 0.1) is 0 Å². The van der Waals surface area contributed by atoms with Crippen LogP contribution >= 0.6 is 0 Å². The van der Waals surface area contributed by atoms with Crippen LogP contribution in [0.5, 0.6) is 0 Å². The number of likely N-dealkylation sites (tertiary alicyclic amines) is 2. The lowest BCUT2D eigenvalue weighted by molar-refractivity contribution is -0.0588. The molecule has 176 valence electrons. The molecule has 10 heteroatoms. The number of hydrogen-bond acceptors (Lipinski definition) is 8. The average molecular weight is 435 g/mol. The number of hydrogen-bond donors (Lipinski definition) is 4. The number of carbonyl (C=O) groups excluding carboxylic acids is 2. The molecule has 0 spiro atoms. The molecule has 4 atom stereocenters. The second kappa shape index (κ2) is 10.6. The Hall–Kier alpha value is -1.62. The zero-order chi connectivity index (χ0) is 23.3. The fourth-order valence-electron chi connectivity index (χ4n) is 3.28. The van der Waals surface area contributed by atoms with Crippen LogP contribution in [0.25, 0.3) is 0 Å². The molecule has 0 aromatic heterocycles. The minimum Gasteiger partial charge on any atom is -0.444 e. The monoisotopic (exact) mass is 434 g/mol. The van der Waals surface area contributed by atoms with E-state index in [1.807, 2.05) is 0 Å². The Morgan fingerprint density at radius 3 is 1.07 bits per heavy atom. The highest BCUT2D eigenvalue weighted by Gasteiger charge is 2.43. The smallest absolute Gasteiger partial charge is 0.410 e. The SMILES string of the molecule is CC(C)(C)OC(=O)N1[C@H](CO)C[C@@H]1CO.CC(C)(C)OC(=O)N1[C@H](CO)C[C@@H]1CO. The quantitative estimate of drug-likeness (QED) is 0.507. The van der Waals surface area contributed by atoms with Crippen molar-refractivity contribution in [3.8, 4) is 0 Å². The summed E-state index contributed by atoms with van der Waals surface area (Å²) in [6, 6.07) is -0.844. The molecule has 0 aliphatic carbocycles. The van der Waals surface area contributed by atoms with Crippen molar-refractivity contribution in [3.63, 3.8) is 0 Å². The van der Waals surface area contributed by atoms with Gasteiger partial charge in [0.05, 0.1) is 50.6 Å². The minimum absolute atomic E-state index is 0.0876. The Balaban J connectivity index is 0.000000300. The van der Waals surface area contributed by atoms with E-state index in [1.165, 1.54) is 9.80 Å². The van der Waals surface area contributed by atoms with E-state index in [4.69, 9.17) is 29.9 Å². The number of rotatable bonds is 4. The Labute approximate surface area is 178 Å². The van der Waals surface area contributed by atoms with Crippen LogP contribution in [0.1, 0.15) is 54.4 Å². The summed E-state index contributed by atoms with van der Waals surface area (Å²) in [5, 5.41) is 35.9. The van der Waals surface area contributed by atoms with E-state index in [9.17, 15) is 9.59 Å². The molecule has 0 unspecified atom stereocenters. The van der Waals surface area contributed by atoms with Gasteiger partial charge in [-0.1, -0.05) is 0 Å². The molecule has 0 aromatic rings. The second-order valence-corrected chi connectivity index (χ2v) is 9.59. The maximum atomic E-state index is 11.7. The zero-order valence-corrected chi connectivity index (χ0v) is 18.9. The number of carbonyl (C=O) groups is 2. The van der Waals surface area contributed by atoms with Crippen LogP contribution in [0.2, 0.25) is 0 Å². The van der Waals surface area contributed by atoms with Crippen molar-refractivity contribution >= 4 is 12.2 Å². The van der Waals surface area contributed by atoms with E-state index in [0.717, 1.165) is 0 Å². The van der Waals surface area contributed by atoms with Gasteiger partial charge in [-0.15, -0.1) is 0 Å². The molecule has 2 aliphatic heterocycles. The molecule has 2 heterocycles. The first kappa shape index (κ1) is 26.4. The maximum Gasteiger partial charge on any atom is 0.410 e. The van der Waals surface area contributed by atoms with Gasteiger partial charge in [0.25, 0.3) is 0 Å². The van der Waals surface area contributed by atoms with Crippen molar-refractivity contribution < 1.29 is 39.5 Å². The van der Waals surface area contributed by atoms with Crippen molar-refractivity contribution in [3.05, 3.63) is 0 Å². The lowest BCUT2D eigenvalue weighted by Crippen LogP contribution is -2.62. The Morgan fingerprint density at radius 2 is 0.900 bits per heavy atom. The zero-order valence-electron chi connectivity index (χ0n) is 18.9. The lowest BCUT2D eigenvalue weighted by Gasteiger charge is -2.46. The summed E-state index contributed by atoms with van der Waals surface area (Å²) < 4.78 is 10.3. The summed E-state index contributed by atoms with van der Waals surface area (Å²) in [6.07, 6.45) is 0.331. The van der Waals surface area contributed by atoms with Gasteiger partial charge >= 0.3 is 12.2 Å². The van der Waals surface area contributed by atoms with Crippen molar-refractivity contribution in [2.75, 3.05) is 26.4 Å². The first-order valence-electron chi connectivity index (χ1n) is 10.2. The second-order valence-electron chi connectivity index (χ2n) is 9.59. The van der Waals surface area contributed by atoms with Gasteiger partial charge in [0.2, 0.25) is 0 Å². The van der Waals surface area contributed by atoms with Crippen LogP contribution in [0.4, 0.5) is 9.59 Å². The first-order chi connectivity index (χ1) is 13.8. The molecular weight excluding hydrogens is 396 g/mol. The lowest BCUT2D eigenvalue weighted by atomic mass is 9.95. The van der Waals surface area contributed by atoms with Gasteiger partial charge in [0.1, 0.15) is 11.2 Å². The Kier molecular flexibility index (Phi) is 9.34. The van der Waals surface area contributed by atoms with E-state index >= 15 is 0 Å². The fraction of sp³-hybridized carbons (Fsp3) is 0.900. The minimum atomic E-state index is -0.549. The standard InChI is InChI=1S/2C10H19NO4/c2*1-10(2,3)15-9(14)11-7(5-12)4-8(11)6-13/h2*7-8,12-13H,4-6H2,1-3H3/t2*7-,8+. The van der Waals surface area contributed by atoms with Gasteiger partial charge in [-0.05, 0) is 54.4 Å². The van der Waals surface area contributed by atoms with Crippen LogP contribution in [0.3, 0.4) is 0 Å². The van der Waals surface area contributed by atoms with E-state index < -0.39 is 23.4 Å². The van der Waals surface area contributed by atoms with Gasteiger partial charge < -0.3 is 29.9 Å². The third kappa shape index (κ3) is 7.26. The average Bonchev–Trinajstić information content (AvgIpc) is 2.51. The largest absolute Gasteiger partial charge is 0.444 e. The summed E-state index contributed by atoms with van der Waals surface area (Å²) in [7, 11) is 0. The summed E-state index contributed by atoms with van der Waals surface area (Å²) in [5.74, 6) is 0. The van der Waals surface area contributed by atoms with Gasteiger partial charge in [-0.25, -0.2) is 9.59 Å². The van der Waals surface area contributed by atoms with E-state index in [0.29, 0.717) is 12.8 Å². The topological polar surface area (TPSA) is 140 Å². The highest BCUT2D eigenvalue weighted by atomic mass is 16.6. The molecule has 2 aliphatic rings. The van der Waals surface area contributed by atoms with Crippen LogP contribution in [0.15, 0.2) is 0 Å². The number of nitrogens with zero attached hydrogens (tertiary/aromatic N) is 2. The summed E-state index contributed by atoms with van der Waals surface area (Å²) in [5.41, 5.74) is -1.10. The van der Waals surface area contributed by atoms with Crippen molar-refractivity contribution in [1.29, 1.82) is 0 Å². The number of aliphatic hydroxyl groups is 4. The van der Waals surface area contributed by atoms with Crippen LogP contribution < -0.4 is 0 Å². The predicted octanol–water partition coefficient (Wildman–Crippen LogP) is 0.698. The molecule has 2 rings (SSSR count). The number of aliphatic hydroxyl groups excluding tert-OH is 4. The first-order valence-corrected chi connectivity index (χ1v) is 10.2. The van der Waals surface area contributed by atoms with Gasteiger partial charge in [-0.2, -0.15) is 0 Å². The molecule has 0 bridgehead atoms. The molecule has 2 fully saturated rings. The summed E-state index contributed by atoms with van der Waals surface area (Å²) >= 11 is 0. The molecule has 4 N–H and O–H groups in total. The third-order valence-corrected chi connectivity index (χ3v) is 4.71. The maximum absolute atomic E-state index is 11.7. The van der Waals surface area contributed by atoms with Crippen molar-refractivity contribution in [1.82, 2.24) is 9.80 Å². The van der Waals surface area contributed by atoms with E-state index in [2.05, 4.69) is 0 Å². The van der Waals surface area contributed by atoms with Crippen molar-refractivity contribution in [2.45, 2.75) is 89.8 Å². The van der Waals surface area contributed by atoms with Crippen molar-refractivity contribution in [2.24, 2.45) is 0 Å². The van der Waals surface area contributed by atoms with E-state index in [1.54, 1.807) is 41.5 Å². The van der Waals surface area contributed by atoms with Crippen LogP contribution in [-0.2, 0) is 9.47 Å². The van der Waals surface area contributed by atoms with Gasteiger partial charge in [0, 0.05) is 0 Å². The van der Waals surface area contributed by atoms with Gasteiger partial charge in [0.15, 0.2) is 0 Å². The Bertz CT molecular complexity index is 502. The van der Waals surface area contributed by atoms with Gasteiger partial charge in [-0.3, -0.25) is 9.80 Å². The normalized spacial score (nSPS) is 26.1. The fourth-order valence-corrected chi connectivity index (χ4v) is 3.28. The number of ether oxygens (including phenoxy) is 2. The molecule has 0 saturated carbocycles. The third-order valence-electron chi connectivity index (χ3n) is 4.71. The molecule has 0 aromatic carbocycles. The molecule has 0 radical (unpaired) electrons. The highest BCUT2D eigenvalue weighted by Crippen LogP contribution is 2.28. The highest BCUT2D eigenvalue weighted by molar-refractivity contribution is 5.70.